The number of methoxy groups -OCH3 is 1. The Morgan fingerprint density at radius 3 is 2.79 bits per heavy atom. The van der Waals surface area contributed by atoms with Gasteiger partial charge >= 0.3 is 0 Å². The summed E-state index contributed by atoms with van der Waals surface area (Å²) in [7, 11) is 1.41. The van der Waals surface area contributed by atoms with E-state index in [0.29, 0.717) is 19.4 Å². The maximum absolute atomic E-state index is 13.4. The molecule has 0 aliphatic heterocycles. The number of benzene rings is 1. The second-order valence-corrected chi connectivity index (χ2v) is 4.30. The fourth-order valence-corrected chi connectivity index (χ4v) is 1.74. The first kappa shape index (κ1) is 15.4. The molecule has 1 amide bonds. The summed E-state index contributed by atoms with van der Waals surface area (Å²) in [5, 5.41) is 11.7. The first-order chi connectivity index (χ1) is 9.12. The molecule has 0 aromatic heterocycles. The fraction of sp³-hybridized carbons (Fsp3) is 0.500. The normalized spacial score (nSPS) is 12.0. The van der Waals surface area contributed by atoms with Gasteiger partial charge in [-0.05, 0) is 30.5 Å². The van der Waals surface area contributed by atoms with E-state index < -0.39 is 5.82 Å². The molecule has 1 rings (SSSR count). The Kier molecular flexibility index (Phi) is 6.29. The highest BCUT2D eigenvalue weighted by Gasteiger charge is 2.14. The summed E-state index contributed by atoms with van der Waals surface area (Å²) in [4.78, 5) is 11.6. The number of amides is 1. The summed E-state index contributed by atoms with van der Waals surface area (Å²) in [6.07, 6.45) is 1.13. The first-order valence-corrected chi connectivity index (χ1v) is 6.33. The monoisotopic (exact) mass is 269 g/mol. The van der Waals surface area contributed by atoms with E-state index >= 15 is 0 Å². The molecule has 1 atom stereocenters. The van der Waals surface area contributed by atoms with Crippen molar-refractivity contribution in [3.05, 3.63) is 29.6 Å². The minimum absolute atomic E-state index is 0.153. The van der Waals surface area contributed by atoms with Crippen molar-refractivity contribution in [2.45, 2.75) is 19.8 Å². The van der Waals surface area contributed by atoms with Crippen molar-refractivity contribution in [2.24, 2.45) is 5.92 Å². The Hall–Kier alpha value is -1.62. The van der Waals surface area contributed by atoms with Crippen molar-refractivity contribution in [2.75, 3.05) is 20.3 Å². The van der Waals surface area contributed by atoms with E-state index in [9.17, 15) is 9.18 Å². The highest BCUT2D eigenvalue weighted by Crippen LogP contribution is 2.17. The summed E-state index contributed by atoms with van der Waals surface area (Å²) in [5.74, 6) is -0.737. The summed E-state index contributed by atoms with van der Waals surface area (Å²) in [6, 6.07) is 4.72. The Labute approximate surface area is 112 Å². The molecule has 1 aromatic carbocycles. The summed E-state index contributed by atoms with van der Waals surface area (Å²) >= 11 is 0. The molecule has 0 spiro atoms. The Balaban J connectivity index is 2.45. The van der Waals surface area contributed by atoms with Gasteiger partial charge in [0.2, 0.25) is 5.91 Å². The van der Waals surface area contributed by atoms with Gasteiger partial charge in [-0.3, -0.25) is 4.79 Å². The van der Waals surface area contributed by atoms with Crippen molar-refractivity contribution in [3.8, 4) is 5.75 Å². The molecule has 0 heterocycles. The molecule has 4 nitrogen and oxygen atoms in total. The second-order valence-electron chi connectivity index (χ2n) is 4.30. The maximum Gasteiger partial charge on any atom is 0.225 e. The van der Waals surface area contributed by atoms with E-state index in [1.54, 1.807) is 12.1 Å². The minimum Gasteiger partial charge on any atom is -0.494 e. The predicted octanol–water partition coefficient (Wildman–Crippen LogP) is 1.51. The zero-order valence-corrected chi connectivity index (χ0v) is 11.3. The largest absolute Gasteiger partial charge is 0.494 e. The van der Waals surface area contributed by atoms with Crippen LogP contribution in [0, 0.1) is 11.7 Å². The third-order valence-corrected chi connectivity index (χ3v) is 3.01. The zero-order valence-electron chi connectivity index (χ0n) is 11.3. The van der Waals surface area contributed by atoms with Crippen LogP contribution in [0.4, 0.5) is 4.39 Å². The van der Waals surface area contributed by atoms with Gasteiger partial charge in [0.1, 0.15) is 0 Å². The molecule has 0 saturated heterocycles. The molecule has 19 heavy (non-hydrogen) atoms. The van der Waals surface area contributed by atoms with Gasteiger partial charge in [-0.1, -0.05) is 13.0 Å². The Bertz CT molecular complexity index is 419. The van der Waals surface area contributed by atoms with Crippen LogP contribution in [0.5, 0.6) is 5.75 Å². The minimum atomic E-state index is -0.409. The van der Waals surface area contributed by atoms with E-state index in [1.165, 1.54) is 13.2 Å². The van der Waals surface area contributed by atoms with Crippen LogP contribution in [0.1, 0.15) is 18.9 Å². The van der Waals surface area contributed by atoms with Crippen LogP contribution in [0.15, 0.2) is 18.2 Å². The lowest BCUT2D eigenvalue weighted by atomic mass is 10.1. The number of nitrogens with one attached hydrogen (secondary N) is 1. The zero-order chi connectivity index (χ0) is 14.3. The number of hydrogen-bond acceptors (Lipinski definition) is 3. The second kappa shape index (κ2) is 7.74. The molecule has 2 N–H and O–H groups in total. The lowest BCUT2D eigenvalue weighted by molar-refractivity contribution is -0.126. The average molecular weight is 269 g/mol. The third kappa shape index (κ3) is 4.52. The molecule has 106 valence electrons. The van der Waals surface area contributed by atoms with Crippen LogP contribution in [0.3, 0.4) is 0 Å². The van der Waals surface area contributed by atoms with Crippen LogP contribution in [0.2, 0.25) is 0 Å². The topological polar surface area (TPSA) is 58.6 Å². The molecule has 0 saturated carbocycles. The van der Waals surface area contributed by atoms with E-state index in [4.69, 9.17) is 9.84 Å². The average Bonchev–Trinajstić information content (AvgIpc) is 2.40. The van der Waals surface area contributed by atoms with Crippen LogP contribution in [-0.2, 0) is 11.2 Å². The van der Waals surface area contributed by atoms with Gasteiger partial charge in [0.25, 0.3) is 0 Å². The number of carbonyl (C=O) groups excluding carboxylic acids is 1. The van der Waals surface area contributed by atoms with E-state index in [1.807, 2.05) is 6.92 Å². The third-order valence-electron chi connectivity index (χ3n) is 3.01. The van der Waals surface area contributed by atoms with Crippen LogP contribution in [0.25, 0.3) is 0 Å². The molecular weight excluding hydrogens is 249 g/mol. The van der Waals surface area contributed by atoms with Crippen molar-refractivity contribution < 1.29 is 19.0 Å². The van der Waals surface area contributed by atoms with Gasteiger partial charge in [-0.2, -0.15) is 0 Å². The van der Waals surface area contributed by atoms with Gasteiger partial charge in [0.05, 0.1) is 19.6 Å². The first-order valence-electron chi connectivity index (χ1n) is 6.33. The van der Waals surface area contributed by atoms with Crippen LogP contribution in [-0.4, -0.2) is 31.3 Å². The number of halogens is 1. The quantitative estimate of drug-likeness (QED) is 0.789. The Morgan fingerprint density at radius 1 is 1.53 bits per heavy atom. The van der Waals surface area contributed by atoms with Gasteiger partial charge in [0, 0.05) is 6.54 Å². The van der Waals surface area contributed by atoms with Crippen molar-refractivity contribution >= 4 is 5.91 Å². The highest BCUT2D eigenvalue weighted by atomic mass is 19.1. The standard InChI is InChI=1S/C14H20FNO3/c1-3-11(9-17)14(18)16-7-6-10-4-5-13(19-2)12(15)8-10/h4-5,8,11,17H,3,6-7,9H2,1-2H3,(H,16,18). The van der Waals surface area contributed by atoms with E-state index in [0.717, 1.165) is 5.56 Å². The lowest BCUT2D eigenvalue weighted by Crippen LogP contribution is -2.33. The lowest BCUT2D eigenvalue weighted by Gasteiger charge is -2.12. The van der Waals surface area contributed by atoms with Crippen LogP contribution >= 0.6 is 0 Å². The number of rotatable bonds is 7. The van der Waals surface area contributed by atoms with Crippen LogP contribution < -0.4 is 10.1 Å². The molecule has 0 radical (unpaired) electrons. The molecule has 0 aliphatic rings. The van der Waals surface area contributed by atoms with Crippen molar-refractivity contribution in [1.82, 2.24) is 5.32 Å². The summed E-state index contributed by atoms with van der Waals surface area (Å²) in [5.41, 5.74) is 0.788. The van der Waals surface area contributed by atoms with E-state index in [2.05, 4.69) is 5.32 Å². The number of aliphatic hydroxyl groups excluding tert-OH is 1. The predicted molar refractivity (Wildman–Crippen MR) is 70.5 cm³/mol. The Morgan fingerprint density at radius 2 is 2.26 bits per heavy atom. The number of hydrogen-bond donors (Lipinski definition) is 2. The fourth-order valence-electron chi connectivity index (χ4n) is 1.74. The smallest absolute Gasteiger partial charge is 0.225 e. The molecular formula is C14H20FNO3. The van der Waals surface area contributed by atoms with Gasteiger partial charge in [-0.15, -0.1) is 0 Å². The summed E-state index contributed by atoms with van der Waals surface area (Å²) < 4.78 is 18.3. The molecule has 0 aliphatic carbocycles. The molecule has 0 fully saturated rings. The van der Waals surface area contributed by atoms with Crippen molar-refractivity contribution in [1.29, 1.82) is 0 Å². The number of carbonyl (C=O) groups is 1. The van der Waals surface area contributed by atoms with Gasteiger partial charge < -0.3 is 15.2 Å². The highest BCUT2D eigenvalue weighted by molar-refractivity contribution is 5.78. The maximum atomic E-state index is 13.4. The molecule has 5 heteroatoms. The molecule has 0 bridgehead atoms. The molecule has 1 unspecified atom stereocenters. The number of aliphatic hydroxyl groups is 1. The number of ether oxygens (including phenoxy) is 1. The van der Waals surface area contributed by atoms with E-state index in [-0.39, 0.29) is 24.2 Å². The summed E-state index contributed by atoms with van der Waals surface area (Å²) in [6.45, 7) is 2.11. The van der Waals surface area contributed by atoms with Gasteiger partial charge in [-0.25, -0.2) is 4.39 Å². The SMILES string of the molecule is CCC(CO)C(=O)NCCc1ccc(OC)c(F)c1. The molecule has 1 aromatic rings. The van der Waals surface area contributed by atoms with Gasteiger partial charge in [0.15, 0.2) is 11.6 Å². The van der Waals surface area contributed by atoms with Crippen molar-refractivity contribution in [3.63, 3.8) is 0 Å².